The van der Waals surface area contributed by atoms with Gasteiger partial charge in [0, 0.05) is 55.2 Å². The first kappa shape index (κ1) is 28.3. The molecule has 6 nitrogen and oxygen atoms in total. The monoisotopic (exact) mass is 577 g/mol. The molecule has 5 aromatic rings. The minimum Gasteiger partial charge on any atom is -0.368 e. The number of hydrogen-bond donors (Lipinski definition) is 1. The first-order valence-electron chi connectivity index (χ1n) is 14.5. The Kier molecular flexibility index (Phi) is 8.29. The van der Waals surface area contributed by atoms with Crippen LogP contribution in [-0.2, 0) is 6.42 Å². The summed E-state index contributed by atoms with van der Waals surface area (Å²) in [6, 6.07) is 29.3. The van der Waals surface area contributed by atoms with Crippen LogP contribution in [0, 0.1) is 18.6 Å². The van der Waals surface area contributed by atoms with E-state index >= 15 is 0 Å². The van der Waals surface area contributed by atoms with E-state index in [4.69, 9.17) is 0 Å². The molecule has 6 rings (SSSR count). The number of pyridine rings is 1. The number of halogens is 2. The number of carbonyl (C=O) groups is 1. The van der Waals surface area contributed by atoms with Gasteiger partial charge in [0.25, 0.3) is 0 Å². The Morgan fingerprint density at radius 2 is 1.51 bits per heavy atom. The van der Waals surface area contributed by atoms with E-state index in [-0.39, 0.29) is 0 Å². The maximum atomic E-state index is 14.2. The molecule has 0 spiro atoms. The van der Waals surface area contributed by atoms with Crippen molar-refractivity contribution in [3.05, 3.63) is 126 Å². The molecule has 1 saturated heterocycles. The fourth-order valence-electron chi connectivity index (χ4n) is 5.61. The van der Waals surface area contributed by atoms with Crippen LogP contribution in [0.1, 0.15) is 11.3 Å². The molecule has 0 radical (unpaired) electrons. The van der Waals surface area contributed by atoms with E-state index < -0.39 is 17.7 Å². The van der Waals surface area contributed by atoms with Gasteiger partial charge in [-0.3, -0.25) is 14.8 Å². The van der Waals surface area contributed by atoms with Gasteiger partial charge in [-0.25, -0.2) is 13.6 Å². The van der Waals surface area contributed by atoms with Crippen LogP contribution in [0.25, 0.3) is 10.9 Å². The Morgan fingerprint density at radius 1 is 0.814 bits per heavy atom. The number of hydrogen-bond acceptors (Lipinski definition) is 4. The zero-order chi connectivity index (χ0) is 29.8. The van der Waals surface area contributed by atoms with Crippen LogP contribution in [0.5, 0.6) is 0 Å². The molecule has 218 valence electrons. The van der Waals surface area contributed by atoms with Gasteiger partial charge in [0.1, 0.15) is 11.6 Å². The molecule has 0 bridgehead atoms. The highest BCUT2D eigenvalue weighted by Gasteiger charge is 2.21. The lowest BCUT2D eigenvalue weighted by atomic mass is 10.1. The summed E-state index contributed by atoms with van der Waals surface area (Å²) < 4.78 is 28.0. The molecular weight excluding hydrogens is 544 g/mol. The van der Waals surface area contributed by atoms with Crippen LogP contribution in [-0.4, -0.2) is 48.6 Å². The molecule has 1 aromatic heterocycles. The van der Waals surface area contributed by atoms with Crippen molar-refractivity contribution in [3.8, 4) is 0 Å². The van der Waals surface area contributed by atoms with Gasteiger partial charge >= 0.3 is 6.03 Å². The lowest BCUT2D eigenvalue weighted by Gasteiger charge is -2.36. The van der Waals surface area contributed by atoms with E-state index in [9.17, 15) is 13.6 Å². The molecule has 4 aromatic carbocycles. The molecule has 1 fully saturated rings. The van der Waals surface area contributed by atoms with Gasteiger partial charge in [-0.2, -0.15) is 0 Å². The minimum absolute atomic E-state index is 0.316. The van der Waals surface area contributed by atoms with Crippen LogP contribution in [0.2, 0.25) is 0 Å². The predicted molar refractivity (Wildman–Crippen MR) is 169 cm³/mol. The Hall–Kier alpha value is -4.82. The van der Waals surface area contributed by atoms with Crippen LogP contribution in [0.3, 0.4) is 0 Å². The van der Waals surface area contributed by atoms with E-state index in [2.05, 4.69) is 50.4 Å². The average Bonchev–Trinajstić information content (AvgIpc) is 3.00. The van der Waals surface area contributed by atoms with Crippen molar-refractivity contribution in [1.82, 2.24) is 9.88 Å². The summed E-state index contributed by atoms with van der Waals surface area (Å²) >= 11 is 0. The summed E-state index contributed by atoms with van der Waals surface area (Å²) in [4.78, 5) is 24.4. The molecule has 1 aliphatic heterocycles. The molecule has 8 heteroatoms. The topological polar surface area (TPSA) is 51.7 Å². The van der Waals surface area contributed by atoms with Crippen molar-refractivity contribution < 1.29 is 13.6 Å². The zero-order valence-electron chi connectivity index (χ0n) is 24.0. The van der Waals surface area contributed by atoms with Crippen LogP contribution >= 0.6 is 0 Å². The van der Waals surface area contributed by atoms with Gasteiger partial charge in [-0.15, -0.1) is 0 Å². The maximum absolute atomic E-state index is 14.2. The first-order valence-corrected chi connectivity index (χ1v) is 14.5. The Bertz CT molecular complexity index is 1750. The van der Waals surface area contributed by atoms with Gasteiger partial charge in [-0.05, 0) is 91.7 Å². The second kappa shape index (κ2) is 12.6. The fraction of sp³-hybridized carbons (Fsp3) is 0.200. The fourth-order valence-corrected chi connectivity index (χ4v) is 5.61. The number of aromatic nitrogens is 1. The number of rotatable bonds is 7. The van der Waals surface area contributed by atoms with Gasteiger partial charge in [-0.1, -0.05) is 30.3 Å². The second-order valence-corrected chi connectivity index (χ2v) is 10.8. The van der Waals surface area contributed by atoms with Gasteiger partial charge < -0.3 is 10.2 Å². The van der Waals surface area contributed by atoms with Gasteiger partial charge in [0.2, 0.25) is 0 Å². The molecule has 0 atom stereocenters. The number of aryl methyl sites for hydroxylation is 1. The lowest BCUT2D eigenvalue weighted by molar-refractivity contribution is 0.259. The van der Waals surface area contributed by atoms with Crippen molar-refractivity contribution in [2.24, 2.45) is 0 Å². The molecule has 2 amide bonds. The van der Waals surface area contributed by atoms with Crippen LogP contribution < -0.4 is 15.1 Å². The summed E-state index contributed by atoms with van der Waals surface area (Å²) in [6.07, 6.45) is 0.799. The van der Waals surface area contributed by atoms with E-state index in [1.165, 1.54) is 46.3 Å². The summed E-state index contributed by atoms with van der Waals surface area (Å²) in [5.74, 6) is -0.909. The van der Waals surface area contributed by atoms with E-state index in [1.807, 2.05) is 31.2 Å². The largest absolute Gasteiger partial charge is 0.368 e. The standard InChI is InChI=1S/C35H33F2N5O/c1-25-14-15-32-33(38-25)12-5-13-34(32)41-20-18-40(19-21-41)17-16-26-6-2-10-30(22-26)42(31-11-4-8-28(37)24-31)35(43)39-29-9-3-7-27(36)23-29/h2-15,22-24H,16-21H2,1H3,(H,39,43). The summed E-state index contributed by atoms with van der Waals surface area (Å²) in [6.45, 7) is 6.65. The van der Waals surface area contributed by atoms with Crippen LogP contribution in [0.15, 0.2) is 103 Å². The SMILES string of the molecule is Cc1ccc2c(N3CCN(CCc4cccc(N(C(=O)Nc5cccc(F)c5)c5cccc(F)c5)c4)CC3)cccc2n1. The Labute approximate surface area is 250 Å². The number of anilines is 4. The molecule has 2 heterocycles. The van der Waals surface area contributed by atoms with Crippen LogP contribution in [0.4, 0.5) is 36.3 Å². The molecule has 0 aliphatic carbocycles. The highest BCUT2D eigenvalue weighted by atomic mass is 19.1. The van der Waals surface area contributed by atoms with Crippen molar-refractivity contribution in [2.75, 3.05) is 47.8 Å². The van der Waals surface area contributed by atoms with Crippen molar-refractivity contribution in [2.45, 2.75) is 13.3 Å². The average molecular weight is 578 g/mol. The quantitative estimate of drug-likeness (QED) is 0.217. The third-order valence-corrected chi connectivity index (χ3v) is 7.79. The molecule has 1 aliphatic rings. The predicted octanol–water partition coefficient (Wildman–Crippen LogP) is 7.56. The zero-order valence-corrected chi connectivity index (χ0v) is 24.0. The number of carbonyl (C=O) groups excluding carboxylic acids is 1. The van der Waals surface area contributed by atoms with Crippen molar-refractivity contribution in [1.29, 1.82) is 0 Å². The third kappa shape index (κ3) is 6.65. The Balaban J connectivity index is 1.14. The number of urea groups is 1. The first-order chi connectivity index (χ1) is 20.9. The van der Waals surface area contributed by atoms with Gasteiger partial charge in [0.15, 0.2) is 0 Å². The number of nitrogens with one attached hydrogen (secondary N) is 1. The van der Waals surface area contributed by atoms with E-state index in [0.29, 0.717) is 17.1 Å². The normalized spacial score (nSPS) is 13.7. The minimum atomic E-state index is -0.511. The molecular formula is C35H33F2N5O. The lowest BCUT2D eigenvalue weighted by Crippen LogP contribution is -2.47. The number of nitrogens with zero attached hydrogens (tertiary/aromatic N) is 4. The number of piperazine rings is 1. The van der Waals surface area contributed by atoms with E-state index in [0.717, 1.165) is 55.9 Å². The summed E-state index contributed by atoms with van der Waals surface area (Å²) in [5, 5.41) is 3.92. The maximum Gasteiger partial charge on any atom is 0.330 e. The second-order valence-electron chi connectivity index (χ2n) is 10.8. The Morgan fingerprint density at radius 3 is 2.28 bits per heavy atom. The van der Waals surface area contributed by atoms with Crippen molar-refractivity contribution in [3.63, 3.8) is 0 Å². The number of benzene rings is 4. The highest BCUT2D eigenvalue weighted by Crippen LogP contribution is 2.29. The number of amides is 2. The number of fused-ring (bicyclic) bond motifs is 1. The molecule has 43 heavy (non-hydrogen) atoms. The molecule has 0 saturated carbocycles. The van der Waals surface area contributed by atoms with Crippen molar-refractivity contribution >= 4 is 39.7 Å². The molecule has 1 N–H and O–H groups in total. The third-order valence-electron chi connectivity index (χ3n) is 7.79. The summed E-state index contributed by atoms with van der Waals surface area (Å²) in [7, 11) is 0. The molecule has 0 unspecified atom stereocenters. The van der Waals surface area contributed by atoms with E-state index in [1.54, 1.807) is 18.2 Å². The summed E-state index contributed by atoms with van der Waals surface area (Å²) in [5.41, 5.74) is 5.63. The smallest absolute Gasteiger partial charge is 0.330 e. The highest BCUT2D eigenvalue weighted by molar-refractivity contribution is 6.07. The van der Waals surface area contributed by atoms with Gasteiger partial charge in [0.05, 0.1) is 16.9 Å².